The molecule has 1 fully saturated rings. The summed E-state index contributed by atoms with van der Waals surface area (Å²) in [5.41, 5.74) is 2.99. The molecule has 28 heavy (non-hydrogen) atoms. The Morgan fingerprint density at radius 1 is 1.11 bits per heavy atom. The fourth-order valence-electron chi connectivity index (χ4n) is 3.33. The average Bonchev–Trinajstić information content (AvgIpc) is 3.20. The van der Waals surface area contributed by atoms with Gasteiger partial charge in [0.15, 0.2) is 10.3 Å². The zero-order valence-electron chi connectivity index (χ0n) is 16.4. The van der Waals surface area contributed by atoms with Crippen molar-refractivity contribution in [3.63, 3.8) is 0 Å². The van der Waals surface area contributed by atoms with Crippen LogP contribution >= 0.6 is 23.1 Å². The van der Waals surface area contributed by atoms with E-state index in [0.29, 0.717) is 0 Å². The van der Waals surface area contributed by atoms with Gasteiger partial charge >= 0.3 is 0 Å². The number of ether oxygens (including phenoxy) is 1. The summed E-state index contributed by atoms with van der Waals surface area (Å²) in [7, 11) is 1.68. The van der Waals surface area contributed by atoms with E-state index in [4.69, 9.17) is 14.7 Å². The lowest BCUT2D eigenvalue weighted by Crippen LogP contribution is -2.32. The van der Waals surface area contributed by atoms with E-state index in [9.17, 15) is 0 Å². The van der Waals surface area contributed by atoms with E-state index in [1.54, 1.807) is 30.2 Å². The highest BCUT2D eigenvalue weighted by atomic mass is 32.2. The molecule has 146 valence electrons. The van der Waals surface area contributed by atoms with Gasteiger partial charge in [-0.1, -0.05) is 30.0 Å². The lowest BCUT2D eigenvalue weighted by Gasteiger charge is -2.29. The Bertz CT molecular complexity index is 934. The molecule has 4 rings (SSSR count). The van der Waals surface area contributed by atoms with Crippen molar-refractivity contribution in [2.75, 3.05) is 31.4 Å². The van der Waals surface area contributed by atoms with Crippen molar-refractivity contribution in [3.05, 3.63) is 36.5 Å². The van der Waals surface area contributed by atoms with E-state index in [1.807, 2.05) is 30.7 Å². The lowest BCUT2D eigenvalue weighted by atomic mass is 10.00. The van der Waals surface area contributed by atoms with Crippen molar-refractivity contribution in [1.29, 1.82) is 0 Å². The molecule has 1 aliphatic rings. The maximum atomic E-state index is 5.31. The fourth-order valence-corrected chi connectivity index (χ4v) is 4.79. The molecule has 0 bridgehead atoms. The van der Waals surface area contributed by atoms with E-state index < -0.39 is 0 Å². The molecule has 1 aliphatic heterocycles. The van der Waals surface area contributed by atoms with Crippen LogP contribution in [0.1, 0.15) is 19.8 Å². The normalized spacial score (nSPS) is 15.0. The van der Waals surface area contributed by atoms with Crippen molar-refractivity contribution in [1.82, 2.24) is 15.0 Å². The second-order valence-corrected chi connectivity index (χ2v) is 8.75. The van der Waals surface area contributed by atoms with Gasteiger partial charge in [0.2, 0.25) is 0 Å². The summed E-state index contributed by atoms with van der Waals surface area (Å²) in [4.78, 5) is 17.6. The van der Waals surface area contributed by atoms with Crippen LogP contribution < -0.4 is 9.64 Å². The Balaban J connectivity index is 1.77. The highest BCUT2D eigenvalue weighted by Gasteiger charge is 2.23. The van der Waals surface area contributed by atoms with Gasteiger partial charge in [-0.25, -0.2) is 15.0 Å². The van der Waals surface area contributed by atoms with Gasteiger partial charge in [-0.3, -0.25) is 0 Å². The summed E-state index contributed by atoms with van der Waals surface area (Å²) in [6, 6.07) is 10.1. The van der Waals surface area contributed by atoms with Gasteiger partial charge in [0.05, 0.1) is 23.4 Å². The van der Waals surface area contributed by atoms with Crippen LogP contribution in [0, 0.1) is 5.92 Å². The van der Waals surface area contributed by atoms with Crippen molar-refractivity contribution in [2.45, 2.75) is 24.9 Å². The van der Waals surface area contributed by atoms with Crippen LogP contribution in [-0.2, 0) is 0 Å². The maximum Gasteiger partial charge on any atom is 0.187 e. The zero-order valence-corrected chi connectivity index (χ0v) is 18.0. The molecule has 0 saturated carbocycles. The molecular weight excluding hydrogens is 388 g/mol. The topological polar surface area (TPSA) is 51.1 Å². The molecule has 0 radical (unpaired) electrons. The number of thioether (sulfide) groups is 1. The number of hydrogen-bond acceptors (Lipinski definition) is 7. The number of nitrogens with zero attached hydrogens (tertiary/aromatic N) is 4. The molecule has 0 amide bonds. The number of thiazole rings is 1. The molecule has 0 unspecified atom stereocenters. The first-order valence-corrected chi connectivity index (χ1v) is 11.5. The highest BCUT2D eigenvalue weighted by molar-refractivity contribution is 7.98. The minimum atomic E-state index is 0.778. The van der Waals surface area contributed by atoms with Gasteiger partial charge < -0.3 is 9.64 Å². The lowest BCUT2D eigenvalue weighted by molar-refractivity contribution is 0.415. The first-order chi connectivity index (χ1) is 13.7. The van der Waals surface area contributed by atoms with Gasteiger partial charge in [-0.2, -0.15) is 0 Å². The molecular formula is C21H24N4OS2. The van der Waals surface area contributed by atoms with Gasteiger partial charge in [0.1, 0.15) is 5.75 Å². The summed E-state index contributed by atoms with van der Waals surface area (Å²) in [5, 5.41) is 1.86. The van der Waals surface area contributed by atoms with Crippen LogP contribution in [-0.4, -0.2) is 41.4 Å². The quantitative estimate of drug-likeness (QED) is 0.422. The summed E-state index contributed by atoms with van der Waals surface area (Å²) in [6.07, 6.45) is 6.26. The molecule has 0 N–H and O–H groups in total. The Labute approximate surface area is 174 Å². The standard InChI is InChI=1S/C21H24N4OS2/c1-14-9-12-25(13-10-14)21-24-18(15-4-6-16(26-2)7-5-15)19(28-21)17-8-11-22-20(23-17)27-3/h4-8,11,14H,9-10,12-13H2,1-3H3. The van der Waals surface area contributed by atoms with E-state index in [2.05, 4.69) is 28.9 Å². The van der Waals surface area contributed by atoms with Gasteiger partial charge in [0, 0.05) is 24.8 Å². The molecule has 3 heterocycles. The SMILES string of the molecule is COc1ccc(-c2nc(N3CCC(C)CC3)sc2-c2ccnc(SC)n2)cc1. The molecule has 1 saturated heterocycles. The molecule has 0 aliphatic carbocycles. The van der Waals surface area contributed by atoms with Gasteiger partial charge in [-0.15, -0.1) is 0 Å². The van der Waals surface area contributed by atoms with E-state index in [-0.39, 0.29) is 0 Å². The van der Waals surface area contributed by atoms with Gasteiger partial charge in [0.25, 0.3) is 0 Å². The Kier molecular flexibility index (Phi) is 5.82. The van der Waals surface area contributed by atoms with Crippen LogP contribution in [0.5, 0.6) is 5.75 Å². The fraction of sp³-hybridized carbons (Fsp3) is 0.381. The Morgan fingerprint density at radius 3 is 2.54 bits per heavy atom. The van der Waals surface area contributed by atoms with Crippen molar-refractivity contribution in [3.8, 4) is 27.6 Å². The monoisotopic (exact) mass is 412 g/mol. The smallest absolute Gasteiger partial charge is 0.187 e. The molecule has 0 atom stereocenters. The van der Waals surface area contributed by atoms with Crippen molar-refractivity contribution in [2.24, 2.45) is 5.92 Å². The van der Waals surface area contributed by atoms with Crippen LogP contribution in [0.3, 0.4) is 0 Å². The van der Waals surface area contributed by atoms with Crippen LogP contribution in [0.2, 0.25) is 0 Å². The number of rotatable bonds is 5. The molecule has 1 aromatic carbocycles. The predicted molar refractivity (Wildman–Crippen MR) is 118 cm³/mol. The molecule has 7 heteroatoms. The summed E-state index contributed by atoms with van der Waals surface area (Å²) in [6.45, 7) is 4.46. The highest BCUT2D eigenvalue weighted by Crippen LogP contribution is 2.41. The largest absolute Gasteiger partial charge is 0.497 e. The minimum Gasteiger partial charge on any atom is -0.497 e. The Hall–Kier alpha value is -2.12. The minimum absolute atomic E-state index is 0.778. The third-order valence-corrected chi connectivity index (χ3v) is 6.78. The van der Waals surface area contributed by atoms with Gasteiger partial charge in [-0.05, 0) is 55.3 Å². The number of anilines is 1. The van der Waals surface area contributed by atoms with E-state index in [1.165, 1.54) is 12.8 Å². The summed E-state index contributed by atoms with van der Waals surface area (Å²) < 4.78 is 5.31. The summed E-state index contributed by atoms with van der Waals surface area (Å²) >= 11 is 3.28. The number of benzene rings is 1. The maximum absolute atomic E-state index is 5.31. The van der Waals surface area contributed by atoms with Crippen LogP contribution in [0.4, 0.5) is 5.13 Å². The van der Waals surface area contributed by atoms with Crippen LogP contribution in [0.25, 0.3) is 21.8 Å². The third-order valence-electron chi connectivity index (χ3n) is 5.08. The average molecular weight is 413 g/mol. The first kappa shape index (κ1) is 19.2. The Morgan fingerprint density at radius 2 is 1.86 bits per heavy atom. The summed E-state index contributed by atoms with van der Waals surface area (Å²) in [5.74, 6) is 1.64. The number of hydrogen-bond donors (Lipinski definition) is 0. The van der Waals surface area contributed by atoms with E-state index >= 15 is 0 Å². The molecule has 5 nitrogen and oxygen atoms in total. The molecule has 0 spiro atoms. The second-order valence-electron chi connectivity index (χ2n) is 7.00. The van der Waals surface area contributed by atoms with Crippen molar-refractivity contribution >= 4 is 28.2 Å². The second kappa shape index (κ2) is 8.49. The number of methoxy groups -OCH3 is 1. The zero-order chi connectivity index (χ0) is 19.5. The molecule has 3 aromatic rings. The van der Waals surface area contributed by atoms with Crippen LogP contribution in [0.15, 0.2) is 41.7 Å². The number of piperidine rings is 1. The molecule has 2 aromatic heterocycles. The number of aromatic nitrogens is 3. The van der Waals surface area contributed by atoms with Crippen molar-refractivity contribution < 1.29 is 4.74 Å². The van der Waals surface area contributed by atoms with E-state index in [0.717, 1.165) is 56.9 Å². The predicted octanol–water partition coefficient (Wildman–Crippen LogP) is 5.23. The third kappa shape index (κ3) is 4.00. The first-order valence-electron chi connectivity index (χ1n) is 9.45.